The van der Waals surface area contributed by atoms with Gasteiger partial charge in [0.25, 0.3) is 11.5 Å². The Balaban J connectivity index is 3.35. The van der Waals surface area contributed by atoms with Gasteiger partial charge in [-0.25, -0.2) is 0 Å². The summed E-state index contributed by atoms with van der Waals surface area (Å²) in [5.41, 5.74) is 3.97. The number of primary amides is 1. The summed E-state index contributed by atoms with van der Waals surface area (Å²) in [6.45, 7) is 0. The van der Waals surface area contributed by atoms with Crippen LogP contribution in [0, 0.1) is 0 Å². The predicted octanol–water partition coefficient (Wildman–Crippen LogP) is -0.821. The molecule has 0 saturated heterocycles. The number of aromatic hydroxyl groups is 1. The Labute approximate surface area is 61.5 Å². The molecule has 0 aliphatic carbocycles. The monoisotopic (exact) mass is 154 g/mol. The zero-order valence-corrected chi connectivity index (χ0v) is 5.50. The maximum absolute atomic E-state index is 10.7. The van der Waals surface area contributed by atoms with Crippen molar-refractivity contribution in [3.05, 3.63) is 28.2 Å². The minimum atomic E-state index is -0.859. The van der Waals surface area contributed by atoms with Gasteiger partial charge in [-0.3, -0.25) is 9.59 Å². The van der Waals surface area contributed by atoms with Crippen molar-refractivity contribution in [1.29, 1.82) is 0 Å². The highest BCUT2D eigenvalue weighted by molar-refractivity contribution is 5.92. The second-order valence-corrected chi connectivity index (χ2v) is 1.96. The number of carbonyl (C=O) groups excluding carboxylic acids is 1. The SMILES string of the molecule is NC(=O)c1cc(O)c[nH]c1=O. The van der Waals surface area contributed by atoms with Crippen LogP contribution < -0.4 is 11.3 Å². The van der Waals surface area contributed by atoms with Crippen molar-refractivity contribution in [3.8, 4) is 5.75 Å². The van der Waals surface area contributed by atoms with E-state index in [-0.39, 0.29) is 11.3 Å². The van der Waals surface area contributed by atoms with Crippen molar-refractivity contribution in [3.63, 3.8) is 0 Å². The van der Waals surface area contributed by atoms with Gasteiger partial charge in [-0.15, -0.1) is 0 Å². The zero-order chi connectivity index (χ0) is 8.43. The van der Waals surface area contributed by atoms with Crippen LogP contribution in [0.3, 0.4) is 0 Å². The Morgan fingerprint density at radius 1 is 1.64 bits per heavy atom. The van der Waals surface area contributed by atoms with Crippen molar-refractivity contribution in [2.45, 2.75) is 0 Å². The van der Waals surface area contributed by atoms with Gasteiger partial charge in [0.05, 0.1) is 0 Å². The maximum atomic E-state index is 10.7. The number of hydrogen-bond acceptors (Lipinski definition) is 3. The maximum Gasteiger partial charge on any atom is 0.261 e. The normalized spacial score (nSPS) is 9.45. The van der Waals surface area contributed by atoms with Crippen LogP contribution in [0.15, 0.2) is 17.1 Å². The Bertz CT molecular complexity index is 342. The van der Waals surface area contributed by atoms with Gasteiger partial charge >= 0.3 is 0 Å². The second-order valence-electron chi connectivity index (χ2n) is 1.96. The Morgan fingerprint density at radius 2 is 2.27 bits per heavy atom. The molecule has 11 heavy (non-hydrogen) atoms. The average Bonchev–Trinajstić information content (AvgIpc) is 1.94. The van der Waals surface area contributed by atoms with E-state index in [2.05, 4.69) is 4.98 Å². The number of nitrogens with one attached hydrogen (secondary N) is 1. The summed E-state index contributed by atoms with van der Waals surface area (Å²) in [6, 6.07) is 1.02. The molecule has 0 fully saturated rings. The van der Waals surface area contributed by atoms with E-state index >= 15 is 0 Å². The van der Waals surface area contributed by atoms with Gasteiger partial charge in [0.1, 0.15) is 11.3 Å². The average molecular weight is 154 g/mol. The summed E-state index contributed by atoms with van der Waals surface area (Å²) in [4.78, 5) is 23.4. The highest BCUT2D eigenvalue weighted by atomic mass is 16.3. The number of nitrogens with two attached hydrogens (primary N) is 1. The number of hydrogen-bond donors (Lipinski definition) is 3. The number of pyridine rings is 1. The van der Waals surface area contributed by atoms with Crippen LogP contribution >= 0.6 is 0 Å². The molecule has 0 unspecified atom stereocenters. The Hall–Kier alpha value is -1.78. The second kappa shape index (κ2) is 2.45. The number of aromatic nitrogens is 1. The predicted molar refractivity (Wildman–Crippen MR) is 37.2 cm³/mol. The van der Waals surface area contributed by atoms with Crippen LogP contribution in [0.4, 0.5) is 0 Å². The fourth-order valence-electron chi connectivity index (χ4n) is 0.655. The molecule has 0 atom stereocenters. The highest BCUT2D eigenvalue weighted by Gasteiger charge is 2.05. The lowest BCUT2D eigenvalue weighted by Crippen LogP contribution is -2.22. The van der Waals surface area contributed by atoms with Crippen molar-refractivity contribution >= 4 is 5.91 Å². The molecule has 1 amide bonds. The molecule has 1 rings (SSSR count). The molecule has 0 saturated carbocycles. The fraction of sp³-hybridized carbons (Fsp3) is 0. The number of amides is 1. The first-order valence-electron chi connectivity index (χ1n) is 2.83. The molecule has 1 heterocycles. The highest BCUT2D eigenvalue weighted by Crippen LogP contribution is 2.03. The third-order valence-electron chi connectivity index (χ3n) is 1.15. The molecule has 0 spiro atoms. The largest absolute Gasteiger partial charge is 0.506 e. The summed E-state index contributed by atoms with van der Waals surface area (Å²) < 4.78 is 0. The first-order valence-corrected chi connectivity index (χ1v) is 2.83. The molecule has 58 valence electrons. The van der Waals surface area contributed by atoms with Crippen molar-refractivity contribution < 1.29 is 9.90 Å². The van der Waals surface area contributed by atoms with Gasteiger partial charge in [-0.05, 0) is 6.07 Å². The smallest absolute Gasteiger partial charge is 0.261 e. The van der Waals surface area contributed by atoms with Crippen LogP contribution in [0.1, 0.15) is 10.4 Å². The molecule has 4 N–H and O–H groups in total. The van der Waals surface area contributed by atoms with Gasteiger partial charge in [0, 0.05) is 6.20 Å². The number of rotatable bonds is 1. The standard InChI is InChI=1S/C6H6N2O3/c7-5(10)4-1-3(9)2-8-6(4)11/h1-2,9H,(H2,7,10)(H,8,11). The molecular formula is C6H6N2O3. The number of aromatic amines is 1. The third kappa shape index (κ3) is 1.37. The van der Waals surface area contributed by atoms with E-state index in [0.29, 0.717) is 0 Å². The molecule has 0 aliphatic heterocycles. The van der Waals surface area contributed by atoms with Gasteiger partial charge in [-0.2, -0.15) is 0 Å². The number of carbonyl (C=O) groups is 1. The van der Waals surface area contributed by atoms with E-state index in [4.69, 9.17) is 10.8 Å². The van der Waals surface area contributed by atoms with Crippen LogP contribution in [0.5, 0.6) is 5.75 Å². The van der Waals surface area contributed by atoms with E-state index in [1.165, 1.54) is 0 Å². The van der Waals surface area contributed by atoms with E-state index in [1.54, 1.807) is 0 Å². The molecule has 0 bridgehead atoms. The van der Waals surface area contributed by atoms with Gasteiger partial charge in [0.2, 0.25) is 0 Å². The van der Waals surface area contributed by atoms with E-state index in [1.807, 2.05) is 0 Å². The van der Waals surface area contributed by atoms with Gasteiger partial charge in [0.15, 0.2) is 0 Å². The topological polar surface area (TPSA) is 96.2 Å². The lowest BCUT2D eigenvalue weighted by molar-refractivity contribution is 0.0998. The Morgan fingerprint density at radius 3 is 2.73 bits per heavy atom. The number of H-pyrrole nitrogens is 1. The third-order valence-corrected chi connectivity index (χ3v) is 1.15. The molecule has 1 aromatic heterocycles. The minimum absolute atomic E-state index is 0.196. The van der Waals surface area contributed by atoms with Crippen LogP contribution in [-0.4, -0.2) is 16.0 Å². The van der Waals surface area contributed by atoms with E-state index < -0.39 is 11.5 Å². The Kier molecular flexibility index (Phi) is 1.63. The van der Waals surface area contributed by atoms with Crippen molar-refractivity contribution in [1.82, 2.24) is 4.98 Å². The minimum Gasteiger partial charge on any atom is -0.506 e. The van der Waals surface area contributed by atoms with Crippen LogP contribution in [0.25, 0.3) is 0 Å². The summed E-state index contributed by atoms with van der Waals surface area (Å²) in [6.07, 6.45) is 1.08. The summed E-state index contributed by atoms with van der Waals surface area (Å²) in [5.74, 6) is -1.06. The molecule has 5 nitrogen and oxygen atoms in total. The van der Waals surface area contributed by atoms with Gasteiger partial charge in [-0.1, -0.05) is 0 Å². The fourth-order valence-corrected chi connectivity index (χ4v) is 0.655. The summed E-state index contributed by atoms with van der Waals surface area (Å²) in [7, 11) is 0. The molecule has 5 heteroatoms. The van der Waals surface area contributed by atoms with E-state index in [9.17, 15) is 9.59 Å². The van der Waals surface area contributed by atoms with Crippen LogP contribution in [0.2, 0.25) is 0 Å². The molecular weight excluding hydrogens is 148 g/mol. The molecule has 0 radical (unpaired) electrons. The lowest BCUT2D eigenvalue weighted by atomic mass is 10.2. The molecule has 0 aliphatic rings. The van der Waals surface area contributed by atoms with E-state index in [0.717, 1.165) is 12.3 Å². The quantitative estimate of drug-likeness (QED) is 0.493. The summed E-state index contributed by atoms with van der Waals surface area (Å²) in [5, 5.41) is 8.81. The molecule has 0 aromatic carbocycles. The van der Waals surface area contributed by atoms with Crippen molar-refractivity contribution in [2.75, 3.05) is 0 Å². The summed E-state index contributed by atoms with van der Waals surface area (Å²) >= 11 is 0. The first kappa shape index (κ1) is 7.33. The van der Waals surface area contributed by atoms with Crippen molar-refractivity contribution in [2.24, 2.45) is 5.73 Å². The zero-order valence-electron chi connectivity index (χ0n) is 5.50. The van der Waals surface area contributed by atoms with Crippen LogP contribution in [-0.2, 0) is 0 Å². The van der Waals surface area contributed by atoms with Gasteiger partial charge < -0.3 is 15.8 Å². The lowest BCUT2D eigenvalue weighted by Gasteiger charge is -1.93. The molecule has 1 aromatic rings. The first-order chi connectivity index (χ1) is 5.11.